The van der Waals surface area contributed by atoms with Gasteiger partial charge in [-0.05, 0) is 61.4 Å². The van der Waals surface area contributed by atoms with E-state index in [4.69, 9.17) is 37.4 Å². The third kappa shape index (κ3) is 9.17. The number of rotatable bonds is 15. The average molecular weight is 729 g/mol. The van der Waals surface area contributed by atoms with Crippen molar-refractivity contribution >= 4 is 50.7 Å². The second-order valence-electron chi connectivity index (χ2n) is 11.3. The van der Waals surface area contributed by atoms with Crippen molar-refractivity contribution in [3.8, 4) is 17.2 Å². The molecule has 13 heteroatoms. The van der Waals surface area contributed by atoms with Gasteiger partial charge in [-0.25, -0.2) is 8.42 Å². The molecule has 0 saturated carbocycles. The van der Waals surface area contributed by atoms with Crippen LogP contribution in [-0.2, 0) is 32.6 Å². The number of hydrogen-bond donors (Lipinski definition) is 1. The van der Waals surface area contributed by atoms with Crippen LogP contribution in [0.4, 0.5) is 5.69 Å². The third-order valence-corrected chi connectivity index (χ3v) is 9.99. The van der Waals surface area contributed by atoms with E-state index in [-0.39, 0.29) is 46.1 Å². The Kier molecular flexibility index (Phi) is 12.8. The van der Waals surface area contributed by atoms with Crippen LogP contribution in [-0.4, -0.2) is 65.1 Å². The summed E-state index contributed by atoms with van der Waals surface area (Å²) in [7, 11) is -0.310. The van der Waals surface area contributed by atoms with Crippen molar-refractivity contribution in [2.45, 2.75) is 43.8 Å². The van der Waals surface area contributed by atoms with Crippen molar-refractivity contribution in [2.75, 3.05) is 32.2 Å². The quantitative estimate of drug-likeness (QED) is 0.151. The highest BCUT2D eigenvalue weighted by Crippen LogP contribution is 2.37. The van der Waals surface area contributed by atoms with E-state index in [2.05, 4.69) is 5.32 Å². The number of nitrogens with one attached hydrogen (secondary N) is 1. The lowest BCUT2D eigenvalue weighted by Gasteiger charge is -2.34. The molecule has 4 aromatic rings. The Morgan fingerprint density at radius 2 is 1.43 bits per heavy atom. The molecule has 0 aliphatic heterocycles. The maximum Gasteiger partial charge on any atom is 0.265 e. The highest BCUT2D eigenvalue weighted by Gasteiger charge is 2.36. The topological polar surface area (TPSA) is 114 Å². The second kappa shape index (κ2) is 16.8. The van der Waals surface area contributed by atoms with Crippen LogP contribution >= 0.6 is 23.2 Å². The molecule has 4 rings (SSSR count). The van der Waals surface area contributed by atoms with Crippen molar-refractivity contribution in [2.24, 2.45) is 0 Å². The van der Waals surface area contributed by atoms with E-state index in [0.29, 0.717) is 16.3 Å². The predicted octanol–water partition coefficient (Wildman–Crippen LogP) is 6.38. The van der Waals surface area contributed by atoms with Crippen LogP contribution < -0.4 is 23.8 Å². The molecule has 4 aromatic carbocycles. The van der Waals surface area contributed by atoms with Crippen LogP contribution in [0.3, 0.4) is 0 Å². The smallest absolute Gasteiger partial charge is 0.265 e. The van der Waals surface area contributed by atoms with Crippen molar-refractivity contribution in [1.82, 2.24) is 10.2 Å². The summed E-state index contributed by atoms with van der Waals surface area (Å²) >= 11 is 12.9. The van der Waals surface area contributed by atoms with E-state index in [1.807, 2.05) is 44.2 Å². The molecule has 0 aromatic heterocycles. The first kappa shape index (κ1) is 37.4. The summed E-state index contributed by atoms with van der Waals surface area (Å²) in [5, 5.41) is 3.52. The number of carbonyl (C=O) groups is 2. The van der Waals surface area contributed by atoms with Gasteiger partial charge in [0.05, 0.1) is 31.9 Å². The molecule has 10 nitrogen and oxygen atoms in total. The highest BCUT2D eigenvalue weighted by atomic mass is 35.5. The summed E-state index contributed by atoms with van der Waals surface area (Å²) in [6.45, 7) is 2.83. The van der Waals surface area contributed by atoms with Gasteiger partial charge in [0.1, 0.15) is 18.3 Å². The van der Waals surface area contributed by atoms with Crippen LogP contribution in [0.1, 0.15) is 25.0 Å². The van der Waals surface area contributed by atoms with Gasteiger partial charge in [-0.3, -0.25) is 13.9 Å². The first-order valence-electron chi connectivity index (χ1n) is 15.3. The molecule has 0 bridgehead atoms. The number of hydrogen-bond acceptors (Lipinski definition) is 7. The number of halogens is 2. The minimum absolute atomic E-state index is 0.0158. The molecule has 2 amide bonds. The van der Waals surface area contributed by atoms with Crippen LogP contribution in [0.2, 0.25) is 10.0 Å². The highest BCUT2D eigenvalue weighted by molar-refractivity contribution is 7.92. The van der Waals surface area contributed by atoms with Crippen LogP contribution in [0.5, 0.6) is 17.2 Å². The molecule has 0 aliphatic carbocycles. The predicted molar refractivity (Wildman–Crippen MR) is 191 cm³/mol. The standard InChI is InChI=1S/C36H39Cl2N3O7S/c1-24(2)39-36(43)31(19-25-11-7-6-8-12-25)40(22-26-13-9-10-14-29(26)38)35(42)23-41(30-20-27(37)15-17-32(30)46-3)49(44,45)28-16-18-33(47-4)34(21-28)48-5/h6-18,20-21,24,31H,19,22-23H2,1-5H3,(H,39,43)/t31-/m1/s1. The van der Waals surface area contributed by atoms with Gasteiger partial charge in [-0.1, -0.05) is 71.7 Å². The number of benzene rings is 4. The molecule has 1 N–H and O–H groups in total. The number of anilines is 1. The van der Waals surface area contributed by atoms with Gasteiger partial charge in [-0.15, -0.1) is 0 Å². The van der Waals surface area contributed by atoms with Crippen molar-refractivity contribution < 1.29 is 32.2 Å². The van der Waals surface area contributed by atoms with Gasteiger partial charge in [0, 0.05) is 35.1 Å². The van der Waals surface area contributed by atoms with E-state index >= 15 is 0 Å². The van der Waals surface area contributed by atoms with Crippen molar-refractivity contribution in [1.29, 1.82) is 0 Å². The monoisotopic (exact) mass is 727 g/mol. The number of carbonyl (C=O) groups excluding carboxylic acids is 2. The summed E-state index contributed by atoms with van der Waals surface area (Å²) in [5.74, 6) is -0.450. The zero-order valence-electron chi connectivity index (χ0n) is 27.9. The number of amides is 2. The fraction of sp³-hybridized carbons (Fsp3) is 0.278. The zero-order chi connectivity index (χ0) is 35.7. The molecule has 0 aliphatic rings. The van der Waals surface area contributed by atoms with E-state index in [9.17, 15) is 18.0 Å². The Hall–Kier alpha value is -4.45. The van der Waals surface area contributed by atoms with Gasteiger partial charge < -0.3 is 24.4 Å². The Labute approximate surface area is 297 Å². The first-order chi connectivity index (χ1) is 23.4. The lowest BCUT2D eigenvalue weighted by atomic mass is 10.0. The maximum absolute atomic E-state index is 14.7. The minimum Gasteiger partial charge on any atom is -0.495 e. The van der Waals surface area contributed by atoms with Gasteiger partial charge in [0.25, 0.3) is 10.0 Å². The van der Waals surface area contributed by atoms with Gasteiger partial charge in [0.2, 0.25) is 11.8 Å². The molecule has 0 unspecified atom stereocenters. The summed E-state index contributed by atoms with van der Waals surface area (Å²) in [6, 6.07) is 23.5. The van der Waals surface area contributed by atoms with Crippen LogP contribution in [0, 0.1) is 0 Å². The Balaban J connectivity index is 1.89. The van der Waals surface area contributed by atoms with Gasteiger partial charge in [-0.2, -0.15) is 0 Å². The van der Waals surface area contributed by atoms with Gasteiger partial charge in [0.15, 0.2) is 11.5 Å². The summed E-state index contributed by atoms with van der Waals surface area (Å²) in [6.07, 6.45) is 0.151. The average Bonchev–Trinajstić information content (AvgIpc) is 3.09. The molecule has 0 spiro atoms. The third-order valence-electron chi connectivity index (χ3n) is 7.63. The zero-order valence-corrected chi connectivity index (χ0v) is 30.2. The number of sulfonamides is 1. The molecule has 1 atom stereocenters. The van der Waals surface area contributed by atoms with Crippen LogP contribution in [0.25, 0.3) is 0 Å². The first-order valence-corrected chi connectivity index (χ1v) is 17.5. The normalized spacial score (nSPS) is 11.8. The second-order valence-corrected chi connectivity index (χ2v) is 14.0. The molecule has 0 heterocycles. The molecule has 49 heavy (non-hydrogen) atoms. The molecule has 0 saturated heterocycles. The number of methoxy groups -OCH3 is 3. The maximum atomic E-state index is 14.7. The SMILES string of the molecule is COc1ccc(S(=O)(=O)N(CC(=O)N(Cc2ccccc2Cl)[C@H](Cc2ccccc2)C(=O)NC(C)C)c2cc(Cl)ccc2OC)cc1OC. The fourth-order valence-electron chi connectivity index (χ4n) is 5.22. The lowest BCUT2D eigenvalue weighted by molar-refractivity contribution is -0.140. The summed E-state index contributed by atoms with van der Waals surface area (Å²) in [4.78, 5) is 29.8. The van der Waals surface area contributed by atoms with Gasteiger partial charge >= 0.3 is 0 Å². The largest absolute Gasteiger partial charge is 0.495 e. The fourth-order valence-corrected chi connectivity index (χ4v) is 7.01. The van der Waals surface area contributed by atoms with E-state index in [0.717, 1.165) is 9.87 Å². The van der Waals surface area contributed by atoms with E-state index in [1.165, 1.54) is 56.6 Å². The molecular weight excluding hydrogens is 689 g/mol. The number of nitrogens with zero attached hydrogens (tertiary/aromatic N) is 2. The minimum atomic E-state index is -4.51. The Bertz CT molecular complexity index is 1870. The van der Waals surface area contributed by atoms with Crippen molar-refractivity contribution in [3.63, 3.8) is 0 Å². The lowest BCUT2D eigenvalue weighted by Crippen LogP contribution is -2.54. The summed E-state index contributed by atoms with van der Waals surface area (Å²) < 4.78 is 46.2. The molecular formula is C36H39Cl2N3O7S. The van der Waals surface area contributed by atoms with Crippen molar-refractivity contribution in [3.05, 3.63) is 112 Å². The number of ether oxygens (including phenoxy) is 3. The van der Waals surface area contributed by atoms with E-state index in [1.54, 1.807) is 30.3 Å². The molecule has 260 valence electrons. The van der Waals surface area contributed by atoms with Crippen LogP contribution in [0.15, 0.2) is 95.9 Å². The van der Waals surface area contributed by atoms with E-state index < -0.39 is 34.4 Å². The molecule has 0 fully saturated rings. The molecule has 0 radical (unpaired) electrons. The Morgan fingerprint density at radius 3 is 2.06 bits per heavy atom. The Morgan fingerprint density at radius 1 is 0.796 bits per heavy atom. The summed E-state index contributed by atoms with van der Waals surface area (Å²) in [5.41, 5.74) is 1.39.